The second kappa shape index (κ2) is 4.52. The van der Waals surface area contributed by atoms with Crippen LogP contribution < -0.4 is 4.74 Å². The number of fused-ring (bicyclic) bond motifs is 1. The third-order valence-corrected chi connectivity index (χ3v) is 5.92. The summed E-state index contributed by atoms with van der Waals surface area (Å²) in [5.74, 6) is 3.01. The highest BCUT2D eigenvalue weighted by Gasteiger charge is 2.46. The van der Waals surface area contributed by atoms with Gasteiger partial charge in [0.05, 0.1) is 12.0 Å². The van der Waals surface area contributed by atoms with Crippen LogP contribution in [-0.4, -0.2) is 22.9 Å². The molecule has 1 aromatic rings. The summed E-state index contributed by atoms with van der Waals surface area (Å²) in [5, 5.41) is 0. The number of benzene rings is 1. The fourth-order valence-electron chi connectivity index (χ4n) is 3.13. The Hall–Kier alpha value is -0.480. The second-order valence-corrected chi connectivity index (χ2v) is 8.26. The van der Waals surface area contributed by atoms with Crippen molar-refractivity contribution >= 4 is 33.5 Å². The molecule has 0 aromatic heterocycles. The van der Waals surface area contributed by atoms with Gasteiger partial charge in [-0.25, -0.2) is 0 Å². The Balaban J connectivity index is 1.96. The van der Waals surface area contributed by atoms with Crippen LogP contribution in [0.5, 0.6) is 5.75 Å². The maximum atomic E-state index is 12.4. The highest BCUT2D eigenvalue weighted by molar-refractivity contribution is 9.10. The van der Waals surface area contributed by atoms with Crippen LogP contribution in [0.25, 0.3) is 0 Å². The van der Waals surface area contributed by atoms with E-state index in [1.807, 2.05) is 30.0 Å². The van der Waals surface area contributed by atoms with Crippen molar-refractivity contribution in [3.8, 4) is 5.75 Å². The molecule has 0 amide bonds. The average Bonchev–Trinajstić information content (AvgIpc) is 2.29. The normalized spacial score (nSPS) is 28.9. The lowest BCUT2D eigenvalue weighted by Crippen LogP contribution is -2.50. The van der Waals surface area contributed by atoms with Crippen LogP contribution in [0.15, 0.2) is 22.7 Å². The molecule has 2 nitrogen and oxygen atoms in total. The molecule has 1 saturated heterocycles. The van der Waals surface area contributed by atoms with Crippen molar-refractivity contribution in [3.05, 3.63) is 28.2 Å². The standard InChI is InChI=1S/C15H17BrO2S/c1-14(2)7-15(9-19-8-14)6-12(17)11-5-10(16)3-4-13(11)18-15/h3-5H,6-9H2,1-2H3. The maximum absolute atomic E-state index is 12.4. The Labute approximate surface area is 126 Å². The fourth-order valence-corrected chi connectivity index (χ4v) is 4.89. The molecule has 1 fully saturated rings. The zero-order valence-corrected chi connectivity index (χ0v) is 13.6. The molecule has 0 bridgehead atoms. The van der Waals surface area contributed by atoms with Gasteiger partial charge in [0, 0.05) is 10.2 Å². The number of Topliss-reactive ketones (excluding diaryl/α,β-unsaturated/α-hetero) is 1. The van der Waals surface area contributed by atoms with Crippen LogP contribution >= 0.6 is 27.7 Å². The molecule has 1 spiro atoms. The molecule has 4 heteroatoms. The highest BCUT2D eigenvalue weighted by Crippen LogP contribution is 2.46. The molecule has 0 saturated carbocycles. The number of halogens is 1. The van der Waals surface area contributed by atoms with Gasteiger partial charge in [-0.05, 0) is 35.8 Å². The number of ether oxygens (including phenoxy) is 1. The molecule has 19 heavy (non-hydrogen) atoms. The predicted molar refractivity (Wildman–Crippen MR) is 82.2 cm³/mol. The summed E-state index contributed by atoms with van der Waals surface area (Å²) in [6.45, 7) is 4.51. The molecule has 2 aliphatic rings. The minimum atomic E-state index is -0.301. The molecule has 0 N–H and O–H groups in total. The van der Waals surface area contributed by atoms with E-state index in [0.717, 1.165) is 28.1 Å². The quantitative estimate of drug-likeness (QED) is 0.703. The third kappa shape index (κ3) is 2.57. The van der Waals surface area contributed by atoms with Crippen LogP contribution in [0, 0.1) is 5.41 Å². The maximum Gasteiger partial charge on any atom is 0.170 e. The Morgan fingerprint density at radius 3 is 2.84 bits per heavy atom. The SMILES string of the molecule is CC1(C)CSCC2(CC(=O)c3cc(Br)ccc3O2)C1. The van der Waals surface area contributed by atoms with Gasteiger partial charge in [-0.15, -0.1) is 0 Å². The third-order valence-electron chi connectivity index (χ3n) is 3.71. The number of hydrogen-bond donors (Lipinski definition) is 0. The minimum absolute atomic E-state index is 0.209. The summed E-state index contributed by atoms with van der Waals surface area (Å²) in [7, 11) is 0. The first-order chi connectivity index (χ1) is 8.89. The van der Waals surface area contributed by atoms with Crippen LogP contribution in [0.3, 0.4) is 0 Å². The van der Waals surface area contributed by atoms with E-state index in [4.69, 9.17) is 4.74 Å². The Bertz CT molecular complexity index is 541. The molecule has 0 aliphatic carbocycles. The van der Waals surface area contributed by atoms with Crippen molar-refractivity contribution in [1.29, 1.82) is 0 Å². The number of carbonyl (C=O) groups excluding carboxylic acids is 1. The van der Waals surface area contributed by atoms with Gasteiger partial charge in [0.2, 0.25) is 0 Å². The highest BCUT2D eigenvalue weighted by atomic mass is 79.9. The van der Waals surface area contributed by atoms with E-state index < -0.39 is 0 Å². The van der Waals surface area contributed by atoms with E-state index in [1.54, 1.807) is 0 Å². The lowest BCUT2D eigenvalue weighted by atomic mass is 9.77. The zero-order valence-electron chi connectivity index (χ0n) is 11.2. The summed E-state index contributed by atoms with van der Waals surface area (Å²) in [4.78, 5) is 12.4. The average molecular weight is 341 g/mol. The fraction of sp³-hybridized carbons (Fsp3) is 0.533. The van der Waals surface area contributed by atoms with Crippen LogP contribution in [-0.2, 0) is 0 Å². The van der Waals surface area contributed by atoms with Crippen molar-refractivity contribution in [3.63, 3.8) is 0 Å². The molecule has 102 valence electrons. The molecular formula is C15H17BrO2S. The summed E-state index contributed by atoms with van der Waals surface area (Å²) >= 11 is 5.31. The van der Waals surface area contributed by atoms with Crippen molar-refractivity contribution in [2.75, 3.05) is 11.5 Å². The van der Waals surface area contributed by atoms with Gasteiger partial charge in [-0.1, -0.05) is 29.8 Å². The van der Waals surface area contributed by atoms with Crippen LogP contribution in [0.4, 0.5) is 0 Å². The van der Waals surface area contributed by atoms with E-state index in [2.05, 4.69) is 29.8 Å². The summed E-state index contributed by atoms with van der Waals surface area (Å²) < 4.78 is 7.19. The Morgan fingerprint density at radius 2 is 2.11 bits per heavy atom. The van der Waals surface area contributed by atoms with Crippen LogP contribution in [0.1, 0.15) is 37.0 Å². The molecule has 2 aliphatic heterocycles. The first-order valence-electron chi connectivity index (χ1n) is 6.49. The van der Waals surface area contributed by atoms with Crippen molar-refractivity contribution in [2.24, 2.45) is 5.41 Å². The van der Waals surface area contributed by atoms with Gasteiger partial charge >= 0.3 is 0 Å². The van der Waals surface area contributed by atoms with Gasteiger partial charge in [-0.2, -0.15) is 11.8 Å². The monoisotopic (exact) mass is 340 g/mol. The molecular weight excluding hydrogens is 324 g/mol. The minimum Gasteiger partial charge on any atom is -0.485 e. The molecule has 0 radical (unpaired) electrons. The summed E-state index contributed by atoms with van der Waals surface area (Å²) in [6.07, 6.45) is 1.46. The van der Waals surface area contributed by atoms with E-state index in [1.165, 1.54) is 0 Å². The van der Waals surface area contributed by atoms with Crippen LogP contribution in [0.2, 0.25) is 0 Å². The number of ketones is 1. The largest absolute Gasteiger partial charge is 0.485 e. The number of hydrogen-bond acceptors (Lipinski definition) is 3. The number of carbonyl (C=O) groups is 1. The molecule has 3 rings (SSSR count). The zero-order chi connectivity index (χ0) is 13.7. The van der Waals surface area contributed by atoms with Crippen molar-refractivity contribution in [2.45, 2.75) is 32.3 Å². The van der Waals surface area contributed by atoms with Gasteiger partial charge in [0.25, 0.3) is 0 Å². The molecule has 1 atom stereocenters. The second-order valence-electron chi connectivity index (χ2n) is 6.36. The van der Waals surface area contributed by atoms with Gasteiger partial charge in [0.1, 0.15) is 11.4 Å². The first-order valence-corrected chi connectivity index (χ1v) is 8.44. The van der Waals surface area contributed by atoms with E-state index in [9.17, 15) is 4.79 Å². The summed E-state index contributed by atoms with van der Waals surface area (Å²) in [5.41, 5.74) is 0.647. The van der Waals surface area contributed by atoms with E-state index >= 15 is 0 Å². The number of thioether (sulfide) groups is 1. The Kier molecular flexibility index (Phi) is 3.21. The van der Waals surface area contributed by atoms with E-state index in [0.29, 0.717) is 12.0 Å². The predicted octanol–water partition coefficient (Wildman–Crippen LogP) is 4.32. The van der Waals surface area contributed by atoms with Gasteiger partial charge in [0.15, 0.2) is 5.78 Å². The smallest absolute Gasteiger partial charge is 0.170 e. The lowest BCUT2D eigenvalue weighted by Gasteiger charge is -2.46. The van der Waals surface area contributed by atoms with Crippen molar-refractivity contribution < 1.29 is 9.53 Å². The van der Waals surface area contributed by atoms with Gasteiger partial charge < -0.3 is 4.74 Å². The van der Waals surface area contributed by atoms with Crippen molar-refractivity contribution in [1.82, 2.24) is 0 Å². The number of rotatable bonds is 0. The Morgan fingerprint density at radius 1 is 1.32 bits per heavy atom. The van der Waals surface area contributed by atoms with Gasteiger partial charge in [-0.3, -0.25) is 4.79 Å². The topological polar surface area (TPSA) is 26.3 Å². The lowest BCUT2D eigenvalue weighted by molar-refractivity contribution is 0.0256. The summed E-state index contributed by atoms with van der Waals surface area (Å²) in [6, 6.07) is 5.71. The molecule has 1 aromatic carbocycles. The van der Waals surface area contributed by atoms with E-state index in [-0.39, 0.29) is 16.8 Å². The molecule has 1 unspecified atom stereocenters. The first kappa shape index (κ1) is 13.5. The molecule has 2 heterocycles.